The van der Waals surface area contributed by atoms with Gasteiger partial charge in [0.25, 0.3) is 0 Å². The van der Waals surface area contributed by atoms with Crippen molar-refractivity contribution < 1.29 is 4.74 Å². The van der Waals surface area contributed by atoms with Crippen LogP contribution in [0.25, 0.3) is 0 Å². The number of benzene rings is 1. The summed E-state index contributed by atoms with van der Waals surface area (Å²) in [5.74, 6) is 0. The molecule has 3 nitrogen and oxygen atoms in total. The minimum Gasteiger partial charge on any atom is -0.372 e. The smallest absolute Gasteiger partial charge is 0.102 e. The predicted molar refractivity (Wildman–Crippen MR) is 76.8 cm³/mol. The number of hydrogen-bond donors (Lipinski definition) is 1. The summed E-state index contributed by atoms with van der Waals surface area (Å²) < 4.78 is 5.95. The number of rotatable bonds is 6. The summed E-state index contributed by atoms with van der Waals surface area (Å²) in [7, 11) is 1.95. The Morgan fingerprint density at radius 1 is 1.11 bits per heavy atom. The number of likely N-dealkylation sites (N-methyl/N-ethyl adjacent to an activating group) is 1. The lowest BCUT2D eigenvalue weighted by Gasteiger charge is -2.27. The maximum absolute atomic E-state index is 5.95. The molecule has 0 amide bonds. The summed E-state index contributed by atoms with van der Waals surface area (Å²) in [6, 6.07) is 14.4. The number of nitrogens with zero attached hydrogens (tertiary/aromatic N) is 1. The lowest BCUT2D eigenvalue weighted by molar-refractivity contribution is 0.0346. The summed E-state index contributed by atoms with van der Waals surface area (Å²) in [6.07, 6.45) is 3.66. The first-order valence-electron chi connectivity index (χ1n) is 6.60. The number of ether oxygens (including phenoxy) is 1. The van der Waals surface area contributed by atoms with Gasteiger partial charge in [-0.05, 0) is 31.2 Å². The third kappa shape index (κ3) is 3.40. The quantitative estimate of drug-likeness (QED) is 0.862. The molecule has 1 aromatic carbocycles. The molecule has 100 valence electrons. The lowest BCUT2D eigenvalue weighted by Crippen LogP contribution is -2.26. The van der Waals surface area contributed by atoms with Crippen molar-refractivity contribution in [2.45, 2.75) is 19.1 Å². The molecular formula is C16H20N2O. The highest BCUT2D eigenvalue weighted by Gasteiger charge is 2.23. The van der Waals surface area contributed by atoms with Gasteiger partial charge < -0.3 is 10.1 Å². The van der Waals surface area contributed by atoms with Crippen LogP contribution in [0.2, 0.25) is 0 Å². The second-order valence-electron chi connectivity index (χ2n) is 4.34. The molecule has 2 unspecified atom stereocenters. The molecule has 0 bridgehead atoms. The summed E-state index contributed by atoms with van der Waals surface area (Å²) in [5, 5.41) is 3.34. The van der Waals surface area contributed by atoms with Crippen LogP contribution >= 0.6 is 0 Å². The van der Waals surface area contributed by atoms with Crippen molar-refractivity contribution in [2.75, 3.05) is 13.7 Å². The monoisotopic (exact) mass is 256 g/mol. The summed E-state index contributed by atoms with van der Waals surface area (Å²) in [6.45, 7) is 2.70. The first kappa shape index (κ1) is 13.7. The molecule has 2 aromatic rings. The van der Waals surface area contributed by atoms with Crippen molar-refractivity contribution in [2.24, 2.45) is 0 Å². The molecule has 0 aliphatic carbocycles. The molecule has 19 heavy (non-hydrogen) atoms. The average Bonchev–Trinajstić information content (AvgIpc) is 2.49. The van der Waals surface area contributed by atoms with Crippen molar-refractivity contribution >= 4 is 0 Å². The first-order chi connectivity index (χ1) is 9.36. The maximum Gasteiger partial charge on any atom is 0.102 e. The van der Waals surface area contributed by atoms with Gasteiger partial charge in [0.1, 0.15) is 6.10 Å². The van der Waals surface area contributed by atoms with E-state index < -0.39 is 0 Å². The van der Waals surface area contributed by atoms with Crippen LogP contribution in [-0.2, 0) is 4.74 Å². The fraction of sp³-hybridized carbons (Fsp3) is 0.312. The van der Waals surface area contributed by atoms with Gasteiger partial charge in [0, 0.05) is 19.0 Å². The second-order valence-corrected chi connectivity index (χ2v) is 4.34. The largest absolute Gasteiger partial charge is 0.372 e. The van der Waals surface area contributed by atoms with Gasteiger partial charge in [-0.2, -0.15) is 0 Å². The van der Waals surface area contributed by atoms with Gasteiger partial charge >= 0.3 is 0 Å². The molecule has 1 heterocycles. The number of aromatic nitrogens is 1. The minimum atomic E-state index is -0.0135. The van der Waals surface area contributed by atoms with Crippen LogP contribution in [0.1, 0.15) is 30.2 Å². The van der Waals surface area contributed by atoms with Crippen LogP contribution in [0.5, 0.6) is 0 Å². The Labute approximate surface area is 114 Å². The normalized spacial score (nSPS) is 14.0. The van der Waals surface area contributed by atoms with Crippen LogP contribution in [-0.4, -0.2) is 18.6 Å². The van der Waals surface area contributed by atoms with Crippen LogP contribution in [0.4, 0.5) is 0 Å². The number of nitrogens with one attached hydrogen (secondary N) is 1. The predicted octanol–water partition coefficient (Wildman–Crippen LogP) is 3.12. The van der Waals surface area contributed by atoms with Crippen LogP contribution in [0.3, 0.4) is 0 Å². The highest BCUT2D eigenvalue weighted by atomic mass is 16.5. The number of pyridine rings is 1. The molecule has 2 atom stereocenters. The Kier molecular flexibility index (Phi) is 5.07. The van der Waals surface area contributed by atoms with E-state index in [9.17, 15) is 0 Å². The van der Waals surface area contributed by atoms with E-state index in [1.807, 2.05) is 44.4 Å². The highest BCUT2D eigenvalue weighted by Crippen LogP contribution is 2.31. The van der Waals surface area contributed by atoms with Gasteiger partial charge in [-0.15, -0.1) is 0 Å². The van der Waals surface area contributed by atoms with E-state index in [1.165, 1.54) is 5.56 Å². The van der Waals surface area contributed by atoms with Crippen molar-refractivity contribution in [3.8, 4) is 0 Å². The summed E-state index contributed by atoms with van der Waals surface area (Å²) in [5.41, 5.74) is 2.31. The zero-order valence-electron chi connectivity index (χ0n) is 11.4. The SMILES string of the molecule is CCOC(c1ccccc1)C(NC)c1cccnc1. The molecule has 0 saturated carbocycles. The Morgan fingerprint density at radius 2 is 1.84 bits per heavy atom. The van der Waals surface area contributed by atoms with Gasteiger partial charge in [-0.25, -0.2) is 0 Å². The van der Waals surface area contributed by atoms with Crippen molar-refractivity contribution in [1.82, 2.24) is 10.3 Å². The van der Waals surface area contributed by atoms with E-state index in [2.05, 4.69) is 28.5 Å². The molecule has 0 aliphatic heterocycles. The third-order valence-electron chi connectivity index (χ3n) is 3.13. The van der Waals surface area contributed by atoms with E-state index in [-0.39, 0.29) is 12.1 Å². The molecule has 0 fully saturated rings. The standard InChI is InChI=1S/C16H20N2O/c1-3-19-16(13-8-5-4-6-9-13)15(17-2)14-10-7-11-18-12-14/h4-12,15-17H,3H2,1-2H3. The zero-order chi connectivity index (χ0) is 13.5. The van der Waals surface area contributed by atoms with Crippen molar-refractivity contribution in [3.05, 3.63) is 66.0 Å². The van der Waals surface area contributed by atoms with Crippen molar-refractivity contribution in [1.29, 1.82) is 0 Å². The van der Waals surface area contributed by atoms with Gasteiger partial charge in [0.2, 0.25) is 0 Å². The Hall–Kier alpha value is -1.71. The Morgan fingerprint density at radius 3 is 2.42 bits per heavy atom. The molecule has 2 rings (SSSR count). The van der Waals surface area contributed by atoms with E-state index in [1.54, 1.807) is 6.20 Å². The van der Waals surface area contributed by atoms with E-state index in [0.29, 0.717) is 6.61 Å². The fourth-order valence-electron chi connectivity index (χ4n) is 2.26. The molecule has 0 aliphatic rings. The van der Waals surface area contributed by atoms with E-state index in [0.717, 1.165) is 5.56 Å². The van der Waals surface area contributed by atoms with Crippen LogP contribution in [0.15, 0.2) is 54.9 Å². The summed E-state index contributed by atoms with van der Waals surface area (Å²) in [4.78, 5) is 4.19. The lowest BCUT2D eigenvalue weighted by atomic mass is 9.97. The molecule has 3 heteroatoms. The minimum absolute atomic E-state index is 0.0135. The molecular weight excluding hydrogens is 236 g/mol. The highest BCUT2D eigenvalue weighted by molar-refractivity contribution is 5.24. The molecule has 0 saturated heterocycles. The molecule has 0 radical (unpaired) electrons. The Balaban J connectivity index is 2.31. The topological polar surface area (TPSA) is 34.1 Å². The van der Waals surface area contributed by atoms with E-state index >= 15 is 0 Å². The van der Waals surface area contributed by atoms with Gasteiger partial charge in [-0.1, -0.05) is 36.4 Å². The zero-order valence-corrected chi connectivity index (χ0v) is 11.4. The number of hydrogen-bond acceptors (Lipinski definition) is 3. The fourth-order valence-corrected chi connectivity index (χ4v) is 2.26. The van der Waals surface area contributed by atoms with Crippen LogP contribution in [0, 0.1) is 0 Å². The molecule has 0 spiro atoms. The van der Waals surface area contributed by atoms with Crippen LogP contribution < -0.4 is 5.32 Å². The Bertz CT molecular complexity index is 473. The average molecular weight is 256 g/mol. The third-order valence-corrected chi connectivity index (χ3v) is 3.13. The first-order valence-corrected chi connectivity index (χ1v) is 6.60. The van der Waals surface area contributed by atoms with Crippen molar-refractivity contribution in [3.63, 3.8) is 0 Å². The van der Waals surface area contributed by atoms with Gasteiger partial charge in [0.05, 0.1) is 6.04 Å². The second kappa shape index (κ2) is 7.02. The molecule has 1 N–H and O–H groups in total. The van der Waals surface area contributed by atoms with Gasteiger partial charge in [0.15, 0.2) is 0 Å². The molecule has 1 aromatic heterocycles. The van der Waals surface area contributed by atoms with Gasteiger partial charge in [-0.3, -0.25) is 4.98 Å². The maximum atomic E-state index is 5.95. The van der Waals surface area contributed by atoms with E-state index in [4.69, 9.17) is 4.74 Å². The summed E-state index contributed by atoms with van der Waals surface area (Å²) >= 11 is 0.